The number of benzene rings is 2. The lowest BCUT2D eigenvalue weighted by Crippen LogP contribution is -2.14. The number of hydrogen-bond donors (Lipinski definition) is 1. The summed E-state index contributed by atoms with van der Waals surface area (Å²) in [6.07, 6.45) is -3.58. The Morgan fingerprint density at radius 2 is 1.83 bits per heavy atom. The van der Waals surface area contributed by atoms with E-state index in [4.69, 9.17) is 19.9 Å². The van der Waals surface area contributed by atoms with Crippen LogP contribution in [0.3, 0.4) is 0 Å². The summed E-state index contributed by atoms with van der Waals surface area (Å²) in [5.41, 5.74) is 3.99. The Bertz CT molecular complexity index is 1230. The molecule has 2 heterocycles. The van der Waals surface area contributed by atoms with Gasteiger partial charge in [-0.3, -0.25) is 0 Å². The molecule has 3 aromatic rings. The van der Waals surface area contributed by atoms with Gasteiger partial charge >= 0.3 is 12.1 Å². The maximum absolute atomic E-state index is 13.6. The largest absolute Gasteiger partial charge is 0.464 e. The molecule has 0 amide bonds. The lowest BCUT2D eigenvalue weighted by Gasteiger charge is -2.24. The molecule has 10 heteroatoms. The SMILES string of the molecule is COC(=O)c1c(N)c(C#N)cn1-c1cc(C(F)(F)F)cc2c1Oc1ccccc1O2. The average Bonchev–Trinajstić information content (AvgIpc) is 3.06. The second-order valence-corrected chi connectivity index (χ2v) is 6.25. The molecule has 152 valence electrons. The molecule has 0 saturated carbocycles. The van der Waals surface area contributed by atoms with Gasteiger partial charge in [0.2, 0.25) is 0 Å². The number of fused-ring (bicyclic) bond motifs is 2. The van der Waals surface area contributed by atoms with Gasteiger partial charge in [-0.2, -0.15) is 18.4 Å². The molecule has 30 heavy (non-hydrogen) atoms. The summed E-state index contributed by atoms with van der Waals surface area (Å²) < 4.78 is 57.8. The number of alkyl halides is 3. The van der Waals surface area contributed by atoms with E-state index >= 15 is 0 Å². The number of aromatic nitrogens is 1. The van der Waals surface area contributed by atoms with Crippen LogP contribution in [0.4, 0.5) is 18.9 Å². The van der Waals surface area contributed by atoms with Crippen molar-refractivity contribution in [3.8, 4) is 34.8 Å². The number of rotatable bonds is 2. The number of nitrogen functional groups attached to an aromatic ring is 1. The minimum atomic E-state index is -4.72. The van der Waals surface area contributed by atoms with Crippen molar-refractivity contribution in [3.05, 3.63) is 59.4 Å². The van der Waals surface area contributed by atoms with Crippen LogP contribution in [0.2, 0.25) is 0 Å². The van der Waals surface area contributed by atoms with E-state index in [0.717, 1.165) is 30.0 Å². The molecular weight excluding hydrogens is 403 g/mol. The molecule has 1 aliphatic rings. The zero-order chi connectivity index (χ0) is 21.6. The van der Waals surface area contributed by atoms with Crippen molar-refractivity contribution in [1.82, 2.24) is 4.57 Å². The second-order valence-electron chi connectivity index (χ2n) is 6.25. The molecule has 0 aliphatic carbocycles. The minimum absolute atomic E-state index is 0.0775. The highest BCUT2D eigenvalue weighted by Gasteiger charge is 2.36. The molecule has 1 aromatic heterocycles. The van der Waals surface area contributed by atoms with Gasteiger partial charge in [0, 0.05) is 6.20 Å². The fraction of sp³-hybridized carbons (Fsp3) is 0.100. The summed E-state index contributed by atoms with van der Waals surface area (Å²) in [5.74, 6) is -0.719. The number of ether oxygens (including phenoxy) is 3. The Morgan fingerprint density at radius 1 is 1.17 bits per heavy atom. The smallest absolute Gasteiger partial charge is 0.416 e. The lowest BCUT2D eigenvalue weighted by molar-refractivity contribution is -0.137. The first kappa shape index (κ1) is 19.2. The van der Waals surface area contributed by atoms with Gasteiger partial charge in [-0.15, -0.1) is 0 Å². The monoisotopic (exact) mass is 415 g/mol. The summed E-state index contributed by atoms with van der Waals surface area (Å²) in [7, 11) is 1.09. The van der Waals surface area contributed by atoms with Crippen molar-refractivity contribution in [2.45, 2.75) is 6.18 Å². The molecule has 0 spiro atoms. The van der Waals surface area contributed by atoms with Crippen molar-refractivity contribution < 1.29 is 32.2 Å². The second kappa shape index (κ2) is 6.73. The molecule has 0 fully saturated rings. The number of nitriles is 1. The molecule has 0 bridgehead atoms. The predicted molar refractivity (Wildman–Crippen MR) is 97.8 cm³/mol. The third kappa shape index (κ3) is 2.97. The number of carbonyl (C=O) groups excluding carboxylic acids is 1. The first-order chi connectivity index (χ1) is 14.2. The highest BCUT2D eigenvalue weighted by atomic mass is 19.4. The third-order valence-corrected chi connectivity index (χ3v) is 4.45. The van der Waals surface area contributed by atoms with Crippen LogP contribution in [0.15, 0.2) is 42.6 Å². The number of carbonyl (C=O) groups is 1. The standard InChI is InChI=1S/C20H12F3N3O4/c1-28-19(27)17-16(25)10(8-24)9-26(17)12-6-11(20(21,22)23)7-15-18(12)30-14-5-3-2-4-13(14)29-15/h2-7,9H,25H2,1H3. The van der Waals surface area contributed by atoms with Gasteiger partial charge in [0.15, 0.2) is 28.7 Å². The Balaban J connectivity index is 2.02. The average molecular weight is 415 g/mol. The van der Waals surface area contributed by atoms with Gasteiger partial charge in [0.05, 0.1) is 29.6 Å². The van der Waals surface area contributed by atoms with Gasteiger partial charge in [-0.05, 0) is 24.3 Å². The number of hydrogen-bond acceptors (Lipinski definition) is 6. The maximum atomic E-state index is 13.6. The Morgan fingerprint density at radius 3 is 2.43 bits per heavy atom. The molecule has 7 nitrogen and oxygen atoms in total. The zero-order valence-electron chi connectivity index (χ0n) is 15.3. The number of halogens is 3. The van der Waals surface area contributed by atoms with Gasteiger partial charge in [0.1, 0.15) is 6.07 Å². The van der Waals surface area contributed by atoms with E-state index in [1.807, 2.05) is 0 Å². The molecule has 1 aliphatic heterocycles. The number of para-hydroxylation sites is 2. The van der Waals surface area contributed by atoms with Crippen molar-refractivity contribution in [2.75, 3.05) is 12.8 Å². The topological polar surface area (TPSA) is 99.5 Å². The first-order valence-electron chi connectivity index (χ1n) is 8.44. The number of nitrogens with two attached hydrogens (primary N) is 1. The Labute approximate surface area is 167 Å². The van der Waals surface area contributed by atoms with Crippen molar-refractivity contribution in [2.24, 2.45) is 0 Å². The fourth-order valence-corrected chi connectivity index (χ4v) is 3.06. The molecule has 2 aromatic carbocycles. The van der Waals surface area contributed by atoms with Crippen molar-refractivity contribution in [1.29, 1.82) is 5.26 Å². The number of anilines is 1. The highest BCUT2D eigenvalue weighted by Crippen LogP contribution is 2.50. The Hall–Kier alpha value is -4.13. The van der Waals surface area contributed by atoms with Crippen molar-refractivity contribution in [3.63, 3.8) is 0 Å². The van der Waals surface area contributed by atoms with Gasteiger partial charge in [0.25, 0.3) is 0 Å². The van der Waals surface area contributed by atoms with Crippen LogP contribution < -0.4 is 15.2 Å². The third-order valence-electron chi connectivity index (χ3n) is 4.45. The van der Waals surface area contributed by atoms with Crippen LogP contribution in [-0.2, 0) is 10.9 Å². The van der Waals surface area contributed by atoms with Crippen molar-refractivity contribution >= 4 is 11.7 Å². The molecule has 0 saturated heterocycles. The zero-order valence-corrected chi connectivity index (χ0v) is 15.3. The minimum Gasteiger partial charge on any atom is -0.464 e. The normalized spacial score (nSPS) is 12.1. The Kier molecular flexibility index (Phi) is 4.31. The van der Waals surface area contributed by atoms with E-state index in [2.05, 4.69) is 0 Å². The van der Waals surface area contributed by atoms with Crippen LogP contribution in [0.5, 0.6) is 23.0 Å². The van der Waals surface area contributed by atoms with Gasteiger partial charge < -0.3 is 24.5 Å². The van der Waals surface area contributed by atoms with E-state index in [1.54, 1.807) is 30.3 Å². The molecule has 2 N–H and O–H groups in total. The summed E-state index contributed by atoms with van der Waals surface area (Å²) in [5, 5.41) is 9.28. The van der Waals surface area contributed by atoms with E-state index in [0.29, 0.717) is 0 Å². The molecule has 4 rings (SSSR count). The quantitative estimate of drug-likeness (QED) is 0.479. The number of nitrogens with zero attached hydrogens (tertiary/aromatic N) is 2. The molecule has 0 atom stereocenters. The summed E-state index contributed by atoms with van der Waals surface area (Å²) in [6.45, 7) is 0. The molecular formula is C20H12F3N3O4. The van der Waals surface area contributed by atoms with Gasteiger partial charge in [-0.25, -0.2) is 4.79 Å². The molecule has 0 radical (unpaired) electrons. The molecule has 0 unspecified atom stereocenters. The fourth-order valence-electron chi connectivity index (χ4n) is 3.06. The lowest BCUT2D eigenvalue weighted by atomic mass is 10.1. The van der Waals surface area contributed by atoms with E-state index in [-0.39, 0.29) is 45.6 Å². The van der Waals surface area contributed by atoms with Crippen LogP contribution >= 0.6 is 0 Å². The summed E-state index contributed by atoms with van der Waals surface area (Å²) in [6, 6.07) is 9.80. The highest BCUT2D eigenvalue weighted by molar-refractivity contribution is 5.96. The number of esters is 1. The maximum Gasteiger partial charge on any atom is 0.416 e. The summed E-state index contributed by atoms with van der Waals surface area (Å²) in [4.78, 5) is 12.3. The van der Waals surface area contributed by atoms with Gasteiger partial charge in [-0.1, -0.05) is 12.1 Å². The summed E-state index contributed by atoms with van der Waals surface area (Å²) >= 11 is 0. The van der Waals surface area contributed by atoms with Crippen LogP contribution in [0.25, 0.3) is 5.69 Å². The predicted octanol–water partition coefficient (Wildman–Crippen LogP) is 4.63. The van der Waals surface area contributed by atoms with E-state index in [1.165, 1.54) is 0 Å². The van der Waals surface area contributed by atoms with E-state index < -0.39 is 17.7 Å². The van der Waals surface area contributed by atoms with E-state index in [9.17, 15) is 23.2 Å². The first-order valence-corrected chi connectivity index (χ1v) is 8.44. The van der Waals surface area contributed by atoms with Crippen LogP contribution in [0, 0.1) is 11.3 Å². The number of methoxy groups -OCH3 is 1. The van der Waals surface area contributed by atoms with Crippen LogP contribution in [0.1, 0.15) is 21.6 Å². The van der Waals surface area contributed by atoms with Crippen LogP contribution in [-0.4, -0.2) is 17.6 Å².